The third-order valence-corrected chi connectivity index (χ3v) is 3.64. The summed E-state index contributed by atoms with van der Waals surface area (Å²) in [6.07, 6.45) is 0. The van der Waals surface area contributed by atoms with E-state index in [1.807, 2.05) is 0 Å². The number of phenols is 2. The third-order valence-electron chi connectivity index (χ3n) is 3.64. The van der Waals surface area contributed by atoms with E-state index < -0.39 is 11.9 Å². The molecule has 0 saturated carbocycles. The molecule has 150 valence electrons. The lowest BCUT2D eigenvalue weighted by Gasteiger charge is -2.07. The summed E-state index contributed by atoms with van der Waals surface area (Å²) in [6.45, 7) is 0. The average Bonchev–Trinajstić information content (AvgIpc) is 2.67. The zero-order chi connectivity index (χ0) is 21.6. The number of carboxylic acids is 2. The SMILES string of the molecule is Nc1ccc(Oc2ccc(C(=O)O)cc2)cc1O.Nc1cccc(C(=O)O)c1O. The summed E-state index contributed by atoms with van der Waals surface area (Å²) < 4.78 is 5.44. The Bertz CT molecular complexity index is 1030. The summed E-state index contributed by atoms with van der Waals surface area (Å²) in [7, 11) is 0. The van der Waals surface area contributed by atoms with Gasteiger partial charge in [-0.05, 0) is 48.5 Å². The molecule has 0 amide bonds. The van der Waals surface area contributed by atoms with E-state index in [-0.39, 0.29) is 34.0 Å². The van der Waals surface area contributed by atoms with Gasteiger partial charge in [0, 0.05) is 6.07 Å². The van der Waals surface area contributed by atoms with Gasteiger partial charge in [0.15, 0.2) is 5.75 Å². The number of carbonyl (C=O) groups is 2. The number of benzene rings is 3. The first kappa shape index (κ1) is 20.9. The standard InChI is InChI=1S/C13H11NO4.C7H7NO3/c14-11-6-5-10(7-12(11)15)18-9-3-1-8(2-4-9)13(16)17;8-5-3-1-2-4(6(5)9)7(10)11/h1-7,15H,14H2,(H,16,17);1-3,9H,8H2,(H,10,11). The fraction of sp³-hybridized carbons (Fsp3) is 0. The van der Waals surface area contributed by atoms with E-state index >= 15 is 0 Å². The highest BCUT2D eigenvalue weighted by molar-refractivity contribution is 5.92. The van der Waals surface area contributed by atoms with E-state index in [2.05, 4.69) is 0 Å². The second-order valence-corrected chi connectivity index (χ2v) is 5.70. The Kier molecular flexibility index (Phi) is 6.49. The van der Waals surface area contributed by atoms with Crippen LogP contribution in [0, 0.1) is 0 Å². The molecular formula is C20H18N2O7. The van der Waals surface area contributed by atoms with Crippen LogP contribution >= 0.6 is 0 Å². The Morgan fingerprint density at radius 2 is 1.38 bits per heavy atom. The maximum absolute atomic E-state index is 10.7. The lowest BCUT2D eigenvalue weighted by atomic mass is 10.2. The van der Waals surface area contributed by atoms with Crippen LogP contribution in [0.3, 0.4) is 0 Å². The van der Waals surface area contributed by atoms with Crippen LogP contribution in [0.2, 0.25) is 0 Å². The molecule has 9 heteroatoms. The minimum absolute atomic E-state index is 0.0605. The lowest BCUT2D eigenvalue weighted by molar-refractivity contribution is 0.0684. The number of nitrogen functional groups attached to an aromatic ring is 2. The molecule has 0 atom stereocenters. The molecule has 3 aromatic rings. The molecule has 0 saturated heterocycles. The summed E-state index contributed by atoms with van der Waals surface area (Å²) >= 11 is 0. The summed E-state index contributed by atoms with van der Waals surface area (Å²) in [5.74, 6) is -1.72. The Labute approximate surface area is 165 Å². The molecule has 0 unspecified atom stereocenters. The molecule has 0 bridgehead atoms. The van der Waals surface area contributed by atoms with Crippen molar-refractivity contribution >= 4 is 23.3 Å². The van der Waals surface area contributed by atoms with Crippen molar-refractivity contribution in [2.45, 2.75) is 0 Å². The Morgan fingerprint density at radius 3 is 1.90 bits per heavy atom. The first-order valence-electron chi connectivity index (χ1n) is 8.09. The van der Waals surface area contributed by atoms with Gasteiger partial charge in [0.1, 0.15) is 22.8 Å². The molecule has 3 aromatic carbocycles. The smallest absolute Gasteiger partial charge is 0.339 e. The van der Waals surface area contributed by atoms with Gasteiger partial charge in [-0.15, -0.1) is 0 Å². The number of ether oxygens (including phenoxy) is 1. The molecule has 0 aliphatic heterocycles. The minimum Gasteiger partial charge on any atom is -0.506 e. The van der Waals surface area contributed by atoms with Crippen molar-refractivity contribution in [2.24, 2.45) is 0 Å². The molecule has 0 heterocycles. The molecule has 0 aliphatic carbocycles. The predicted octanol–water partition coefficient (Wildman–Crippen LogP) is 3.14. The van der Waals surface area contributed by atoms with Crippen LogP contribution in [0.5, 0.6) is 23.0 Å². The average molecular weight is 398 g/mol. The third kappa shape index (κ3) is 5.54. The van der Waals surface area contributed by atoms with Crippen LogP contribution in [0.15, 0.2) is 60.7 Å². The van der Waals surface area contributed by atoms with Crippen LogP contribution in [-0.2, 0) is 0 Å². The van der Waals surface area contributed by atoms with Crippen molar-refractivity contribution in [3.63, 3.8) is 0 Å². The number of para-hydroxylation sites is 1. The lowest BCUT2D eigenvalue weighted by Crippen LogP contribution is -1.98. The topological polar surface area (TPSA) is 176 Å². The predicted molar refractivity (Wildman–Crippen MR) is 105 cm³/mol. The maximum Gasteiger partial charge on any atom is 0.339 e. The van der Waals surface area contributed by atoms with Gasteiger partial charge in [-0.3, -0.25) is 0 Å². The number of hydrogen-bond donors (Lipinski definition) is 6. The van der Waals surface area contributed by atoms with E-state index in [4.69, 9.17) is 31.5 Å². The number of nitrogens with two attached hydrogens (primary N) is 2. The molecular weight excluding hydrogens is 380 g/mol. The molecule has 9 nitrogen and oxygen atoms in total. The number of phenolic OH excluding ortho intramolecular Hbond substituents is 1. The zero-order valence-electron chi connectivity index (χ0n) is 14.9. The summed E-state index contributed by atoms with van der Waals surface area (Å²) in [5, 5.41) is 35.7. The fourth-order valence-electron chi connectivity index (χ4n) is 2.12. The molecule has 0 fully saturated rings. The zero-order valence-corrected chi connectivity index (χ0v) is 14.9. The molecule has 0 aromatic heterocycles. The maximum atomic E-state index is 10.7. The van der Waals surface area contributed by atoms with Crippen LogP contribution in [0.25, 0.3) is 0 Å². The molecule has 8 N–H and O–H groups in total. The number of hydrogen-bond acceptors (Lipinski definition) is 7. The van der Waals surface area contributed by atoms with Crippen molar-refractivity contribution < 1.29 is 34.8 Å². The van der Waals surface area contributed by atoms with E-state index in [0.29, 0.717) is 11.5 Å². The molecule has 0 radical (unpaired) electrons. The van der Waals surface area contributed by atoms with Gasteiger partial charge in [0.05, 0.1) is 16.9 Å². The van der Waals surface area contributed by atoms with Gasteiger partial charge in [0.2, 0.25) is 0 Å². The van der Waals surface area contributed by atoms with Crippen LogP contribution in [-0.4, -0.2) is 32.4 Å². The number of aromatic carboxylic acids is 2. The normalized spacial score (nSPS) is 9.79. The highest BCUT2D eigenvalue weighted by Crippen LogP contribution is 2.29. The van der Waals surface area contributed by atoms with E-state index in [1.54, 1.807) is 6.07 Å². The van der Waals surface area contributed by atoms with E-state index in [0.717, 1.165) is 0 Å². The van der Waals surface area contributed by atoms with Crippen LogP contribution in [0.1, 0.15) is 20.7 Å². The molecule has 0 aliphatic rings. The highest BCUT2D eigenvalue weighted by Gasteiger charge is 2.10. The second-order valence-electron chi connectivity index (χ2n) is 5.70. The van der Waals surface area contributed by atoms with Crippen LogP contribution in [0.4, 0.5) is 11.4 Å². The Hall–Kier alpha value is -4.40. The summed E-state index contributed by atoms with van der Waals surface area (Å²) in [5.41, 5.74) is 11.1. The van der Waals surface area contributed by atoms with Crippen molar-refractivity contribution in [2.75, 3.05) is 11.5 Å². The van der Waals surface area contributed by atoms with Gasteiger partial charge < -0.3 is 36.6 Å². The summed E-state index contributed by atoms with van der Waals surface area (Å²) in [4.78, 5) is 21.0. The van der Waals surface area contributed by atoms with Crippen molar-refractivity contribution in [3.05, 3.63) is 71.8 Å². The minimum atomic E-state index is -1.19. The van der Waals surface area contributed by atoms with Crippen molar-refractivity contribution in [1.82, 2.24) is 0 Å². The monoisotopic (exact) mass is 398 g/mol. The molecule has 29 heavy (non-hydrogen) atoms. The van der Waals surface area contributed by atoms with Gasteiger partial charge in [0.25, 0.3) is 0 Å². The number of anilines is 2. The van der Waals surface area contributed by atoms with E-state index in [9.17, 15) is 14.7 Å². The first-order valence-corrected chi connectivity index (χ1v) is 8.09. The fourth-order valence-corrected chi connectivity index (χ4v) is 2.12. The number of rotatable bonds is 4. The van der Waals surface area contributed by atoms with Crippen LogP contribution < -0.4 is 16.2 Å². The molecule has 3 rings (SSSR count). The van der Waals surface area contributed by atoms with Gasteiger partial charge in [-0.2, -0.15) is 0 Å². The molecule has 0 spiro atoms. The van der Waals surface area contributed by atoms with E-state index in [1.165, 1.54) is 54.6 Å². The Morgan fingerprint density at radius 1 is 0.759 bits per heavy atom. The highest BCUT2D eigenvalue weighted by atomic mass is 16.5. The second kappa shape index (κ2) is 9.00. The number of aromatic hydroxyl groups is 2. The Balaban J connectivity index is 0.000000234. The van der Waals surface area contributed by atoms with Gasteiger partial charge >= 0.3 is 11.9 Å². The quantitative estimate of drug-likeness (QED) is 0.284. The largest absolute Gasteiger partial charge is 0.506 e. The van der Waals surface area contributed by atoms with Crippen molar-refractivity contribution in [3.8, 4) is 23.0 Å². The van der Waals surface area contributed by atoms with Gasteiger partial charge in [-0.25, -0.2) is 9.59 Å². The number of carboxylic acid groups (broad SMARTS) is 2. The summed E-state index contributed by atoms with van der Waals surface area (Å²) in [6, 6.07) is 14.7. The van der Waals surface area contributed by atoms with Crippen molar-refractivity contribution in [1.29, 1.82) is 0 Å². The van der Waals surface area contributed by atoms with Gasteiger partial charge in [-0.1, -0.05) is 6.07 Å². The first-order chi connectivity index (χ1) is 13.7.